The van der Waals surface area contributed by atoms with E-state index in [2.05, 4.69) is 107 Å². The van der Waals surface area contributed by atoms with Gasteiger partial charge in [-0.3, -0.25) is 4.79 Å². The van der Waals surface area contributed by atoms with Crippen molar-refractivity contribution in [1.29, 1.82) is 0 Å². The Bertz CT molecular complexity index is 1340. The van der Waals surface area contributed by atoms with E-state index in [4.69, 9.17) is 13.9 Å². The van der Waals surface area contributed by atoms with Crippen LogP contribution >= 0.6 is 0 Å². The summed E-state index contributed by atoms with van der Waals surface area (Å²) in [4.78, 5) is 13.1. The van der Waals surface area contributed by atoms with Crippen molar-refractivity contribution in [3.8, 4) is 0 Å². The highest BCUT2D eigenvalue weighted by Crippen LogP contribution is 2.41. The van der Waals surface area contributed by atoms with E-state index in [0.29, 0.717) is 12.5 Å². The number of hydrogen-bond donors (Lipinski definition) is 0. The molecule has 3 aromatic carbocycles. The van der Waals surface area contributed by atoms with Crippen LogP contribution in [0.15, 0.2) is 103 Å². The standard InChI is InChI=1S/C39H50O4Si/c1-29-22-25-36(40)37(30-16-10-7-11-17-30)35(29)24-23-31-28-32(43-39(5,6)42-31)26-27-41-44(38(2,3)4,33-18-12-8-13-19-33)34-20-14-9-15-21-34/h7-22,25,29,31-32,35,37H,23-24,26-28H2,1-6H3/t29-,31+,32-,35-,37+/m0/s1. The number of ether oxygens (including phenoxy) is 2. The molecule has 44 heavy (non-hydrogen) atoms. The van der Waals surface area contributed by atoms with Crippen molar-refractivity contribution in [1.82, 2.24) is 0 Å². The molecule has 1 saturated heterocycles. The molecule has 0 spiro atoms. The molecular weight excluding hydrogens is 561 g/mol. The van der Waals surface area contributed by atoms with Gasteiger partial charge in [0.05, 0.1) is 18.1 Å². The van der Waals surface area contributed by atoms with Gasteiger partial charge in [-0.25, -0.2) is 0 Å². The maximum absolute atomic E-state index is 13.1. The van der Waals surface area contributed by atoms with E-state index in [1.54, 1.807) is 6.08 Å². The number of hydrogen-bond acceptors (Lipinski definition) is 4. The van der Waals surface area contributed by atoms with Gasteiger partial charge in [-0.05, 0) is 72.0 Å². The number of carbonyl (C=O) groups is 1. The van der Waals surface area contributed by atoms with Crippen LogP contribution in [0.3, 0.4) is 0 Å². The van der Waals surface area contributed by atoms with Crippen LogP contribution in [0.4, 0.5) is 0 Å². The Labute approximate surface area is 266 Å². The van der Waals surface area contributed by atoms with Crippen LogP contribution in [-0.2, 0) is 18.7 Å². The zero-order valence-corrected chi connectivity index (χ0v) is 28.4. The molecule has 0 aromatic heterocycles. The quantitative estimate of drug-likeness (QED) is 0.220. The van der Waals surface area contributed by atoms with Crippen LogP contribution in [0.1, 0.15) is 78.7 Å². The summed E-state index contributed by atoms with van der Waals surface area (Å²) < 4.78 is 20.2. The maximum atomic E-state index is 13.1. The molecular formula is C39H50O4Si. The second-order valence-corrected chi connectivity index (χ2v) is 18.5. The minimum Gasteiger partial charge on any atom is -0.407 e. The molecule has 1 aliphatic heterocycles. The van der Waals surface area contributed by atoms with Crippen molar-refractivity contribution in [2.75, 3.05) is 6.61 Å². The van der Waals surface area contributed by atoms with E-state index in [9.17, 15) is 4.79 Å². The van der Waals surface area contributed by atoms with Crippen LogP contribution < -0.4 is 10.4 Å². The van der Waals surface area contributed by atoms with Gasteiger partial charge in [0.15, 0.2) is 11.6 Å². The van der Waals surface area contributed by atoms with Crippen LogP contribution in [-0.4, -0.2) is 38.7 Å². The molecule has 0 saturated carbocycles. The molecule has 1 fully saturated rings. The van der Waals surface area contributed by atoms with Crippen LogP contribution in [0, 0.1) is 11.8 Å². The van der Waals surface area contributed by atoms with Gasteiger partial charge >= 0.3 is 0 Å². The van der Waals surface area contributed by atoms with E-state index in [1.807, 2.05) is 32.0 Å². The molecule has 0 N–H and O–H groups in total. The van der Waals surface area contributed by atoms with Crippen molar-refractivity contribution in [2.45, 2.75) is 96.2 Å². The molecule has 2 aliphatic rings. The fourth-order valence-electron chi connectivity index (χ4n) is 7.57. The highest BCUT2D eigenvalue weighted by atomic mass is 28.4. The van der Waals surface area contributed by atoms with Gasteiger partial charge in [0.25, 0.3) is 8.32 Å². The van der Waals surface area contributed by atoms with Gasteiger partial charge in [0.1, 0.15) is 0 Å². The second kappa shape index (κ2) is 13.7. The number of ketones is 1. The van der Waals surface area contributed by atoms with E-state index in [1.165, 1.54) is 10.4 Å². The molecule has 1 heterocycles. The lowest BCUT2D eigenvalue weighted by atomic mass is 9.70. The highest BCUT2D eigenvalue weighted by Gasteiger charge is 2.50. The molecule has 5 atom stereocenters. The molecule has 5 heteroatoms. The van der Waals surface area contributed by atoms with Crippen molar-refractivity contribution in [2.24, 2.45) is 11.8 Å². The summed E-state index contributed by atoms with van der Waals surface area (Å²) in [5, 5.41) is 2.53. The SMILES string of the molecule is C[C@H]1C=CC(=O)[C@H](c2ccccc2)[C@H]1CC[C@@H]1C[C@H](CCO[Si](c2ccccc2)(c2ccccc2)C(C)(C)C)OC(C)(C)O1. The van der Waals surface area contributed by atoms with Gasteiger partial charge in [-0.1, -0.05) is 125 Å². The Balaban J connectivity index is 1.29. The third-order valence-corrected chi connectivity index (χ3v) is 14.6. The molecule has 0 bridgehead atoms. The van der Waals surface area contributed by atoms with E-state index in [0.717, 1.165) is 31.2 Å². The van der Waals surface area contributed by atoms with Crippen molar-refractivity contribution >= 4 is 24.5 Å². The minimum absolute atomic E-state index is 0.0391. The van der Waals surface area contributed by atoms with Crippen LogP contribution in [0.5, 0.6) is 0 Å². The van der Waals surface area contributed by atoms with E-state index in [-0.39, 0.29) is 34.9 Å². The molecule has 0 unspecified atom stereocenters. The van der Waals surface area contributed by atoms with Gasteiger partial charge in [-0.15, -0.1) is 0 Å². The third-order valence-electron chi connectivity index (χ3n) is 9.56. The number of rotatable bonds is 10. The zero-order chi connectivity index (χ0) is 31.4. The Kier molecular flexibility index (Phi) is 10.1. The molecule has 3 aromatic rings. The summed E-state index contributed by atoms with van der Waals surface area (Å²) in [7, 11) is -2.60. The third kappa shape index (κ3) is 7.18. The predicted octanol–water partition coefficient (Wildman–Crippen LogP) is 7.82. The monoisotopic (exact) mass is 610 g/mol. The lowest BCUT2D eigenvalue weighted by molar-refractivity contribution is -0.302. The van der Waals surface area contributed by atoms with Gasteiger partial charge in [-0.2, -0.15) is 0 Å². The summed E-state index contributed by atoms with van der Waals surface area (Å²) in [6, 6.07) is 31.9. The lowest BCUT2D eigenvalue weighted by Gasteiger charge is -2.44. The first-order valence-corrected chi connectivity index (χ1v) is 18.3. The first-order chi connectivity index (χ1) is 21.0. The zero-order valence-electron chi connectivity index (χ0n) is 27.4. The molecule has 5 rings (SSSR count). The smallest absolute Gasteiger partial charge is 0.261 e. The fraction of sp³-hybridized carbons (Fsp3) is 0.462. The Hall–Kier alpha value is -2.83. The van der Waals surface area contributed by atoms with Crippen LogP contribution in [0.25, 0.3) is 0 Å². The summed E-state index contributed by atoms with van der Waals surface area (Å²) in [5.41, 5.74) is 1.12. The minimum atomic E-state index is -2.60. The summed E-state index contributed by atoms with van der Waals surface area (Å²) in [6.07, 6.45) is 7.45. The van der Waals surface area contributed by atoms with Gasteiger partial charge < -0.3 is 13.9 Å². The summed E-state index contributed by atoms with van der Waals surface area (Å²) in [6.45, 7) is 13.9. The highest BCUT2D eigenvalue weighted by molar-refractivity contribution is 6.99. The molecule has 4 nitrogen and oxygen atoms in total. The first-order valence-electron chi connectivity index (χ1n) is 16.4. The maximum Gasteiger partial charge on any atom is 0.261 e. The second-order valence-electron chi connectivity index (χ2n) is 14.2. The summed E-state index contributed by atoms with van der Waals surface area (Å²) >= 11 is 0. The Morgan fingerprint density at radius 1 is 0.795 bits per heavy atom. The van der Waals surface area contributed by atoms with Crippen LogP contribution in [0.2, 0.25) is 5.04 Å². The van der Waals surface area contributed by atoms with Gasteiger partial charge in [0.2, 0.25) is 0 Å². The Morgan fingerprint density at radius 2 is 1.32 bits per heavy atom. The first kappa shape index (κ1) is 32.6. The van der Waals surface area contributed by atoms with E-state index < -0.39 is 14.1 Å². The van der Waals surface area contributed by atoms with Gasteiger partial charge in [0, 0.05) is 13.0 Å². The summed E-state index contributed by atoms with van der Waals surface area (Å²) in [5.74, 6) is 0.0333. The van der Waals surface area contributed by atoms with Crippen molar-refractivity contribution in [3.63, 3.8) is 0 Å². The predicted molar refractivity (Wildman–Crippen MR) is 182 cm³/mol. The molecule has 234 valence electrons. The van der Waals surface area contributed by atoms with Crippen molar-refractivity contribution < 1.29 is 18.7 Å². The largest absolute Gasteiger partial charge is 0.407 e. The molecule has 1 aliphatic carbocycles. The number of carbonyl (C=O) groups excluding carboxylic acids is 1. The Morgan fingerprint density at radius 3 is 1.86 bits per heavy atom. The molecule has 0 radical (unpaired) electrons. The van der Waals surface area contributed by atoms with E-state index >= 15 is 0 Å². The normalized spacial score (nSPS) is 25.6. The number of benzene rings is 3. The molecule has 0 amide bonds. The lowest BCUT2D eigenvalue weighted by Crippen LogP contribution is -2.66. The van der Waals surface area contributed by atoms with Crippen molar-refractivity contribution in [3.05, 3.63) is 109 Å². The fourth-order valence-corrected chi connectivity index (χ4v) is 12.1. The number of allylic oxidation sites excluding steroid dienone is 2. The average Bonchev–Trinajstić information content (AvgIpc) is 2.99. The average molecular weight is 611 g/mol. The topological polar surface area (TPSA) is 44.8 Å².